The van der Waals surface area contributed by atoms with Crippen LogP contribution in [0.25, 0.3) is 0 Å². The second-order valence-electron chi connectivity index (χ2n) is 7.53. The predicted octanol–water partition coefficient (Wildman–Crippen LogP) is 3.59. The Morgan fingerprint density at radius 1 is 1.20 bits per heavy atom. The zero-order valence-corrected chi connectivity index (χ0v) is 15.0. The number of aliphatic hydroxyl groups is 1. The summed E-state index contributed by atoms with van der Waals surface area (Å²) in [5.41, 5.74) is 2.26. The lowest BCUT2D eigenvalue weighted by Gasteiger charge is -2.23. The van der Waals surface area contributed by atoms with Crippen molar-refractivity contribution in [1.82, 2.24) is 9.88 Å². The summed E-state index contributed by atoms with van der Waals surface area (Å²) in [6, 6.07) is 12.1. The molecule has 1 aliphatic carbocycles. The van der Waals surface area contributed by atoms with Crippen molar-refractivity contribution in [2.24, 2.45) is 0 Å². The van der Waals surface area contributed by atoms with Gasteiger partial charge in [0.1, 0.15) is 0 Å². The molecular weight excluding hydrogens is 312 g/mol. The summed E-state index contributed by atoms with van der Waals surface area (Å²) in [6.07, 6.45) is 7.24. The third kappa shape index (κ3) is 5.13. The zero-order chi connectivity index (χ0) is 17.9. The minimum absolute atomic E-state index is 0.0837. The number of carbonyl (C=O) groups excluding carboxylic acids is 1. The highest BCUT2D eigenvalue weighted by atomic mass is 16.3. The highest BCUT2D eigenvalue weighted by Gasteiger charge is 2.33. The van der Waals surface area contributed by atoms with Gasteiger partial charge in [0.25, 0.3) is 5.91 Å². The van der Waals surface area contributed by atoms with Crippen LogP contribution in [0.2, 0.25) is 0 Å². The number of nitrogens with zero attached hydrogens (tertiary/aromatic N) is 2. The van der Waals surface area contributed by atoms with Crippen LogP contribution in [0.3, 0.4) is 0 Å². The molecule has 2 aromatic rings. The molecular formula is C21H26N2O2. The molecule has 1 N–H and O–H groups in total. The maximum Gasteiger partial charge on any atom is 0.254 e. The Kier molecular flexibility index (Phi) is 5.19. The molecule has 1 heterocycles. The van der Waals surface area contributed by atoms with Crippen molar-refractivity contribution in [3.8, 4) is 0 Å². The highest BCUT2D eigenvalue weighted by Crippen LogP contribution is 2.30. The number of aromatic nitrogens is 1. The average molecular weight is 338 g/mol. The molecule has 0 atom stereocenters. The number of aryl methyl sites for hydroxylation is 1. The van der Waals surface area contributed by atoms with Crippen molar-refractivity contribution in [3.05, 3.63) is 65.5 Å². The summed E-state index contributed by atoms with van der Waals surface area (Å²) < 4.78 is 0. The molecule has 3 rings (SSSR count). The minimum Gasteiger partial charge on any atom is -0.390 e. The molecule has 0 radical (unpaired) electrons. The van der Waals surface area contributed by atoms with Gasteiger partial charge in [-0.05, 0) is 68.9 Å². The van der Waals surface area contributed by atoms with E-state index in [1.54, 1.807) is 6.20 Å². The van der Waals surface area contributed by atoms with Gasteiger partial charge >= 0.3 is 0 Å². The SMILES string of the molecule is CC(C)(O)CCc1ccc(C(=O)N(Cc2cccnc2)C2CC2)cc1. The van der Waals surface area contributed by atoms with Crippen LogP contribution in [-0.2, 0) is 13.0 Å². The van der Waals surface area contributed by atoms with Crippen molar-refractivity contribution in [1.29, 1.82) is 0 Å². The quantitative estimate of drug-likeness (QED) is 0.839. The molecule has 1 aliphatic rings. The Labute approximate surface area is 149 Å². The molecule has 0 bridgehead atoms. The second kappa shape index (κ2) is 7.36. The topological polar surface area (TPSA) is 53.4 Å². The van der Waals surface area contributed by atoms with E-state index in [1.807, 2.05) is 61.3 Å². The van der Waals surface area contributed by atoms with Gasteiger partial charge in [-0.3, -0.25) is 9.78 Å². The van der Waals surface area contributed by atoms with Crippen molar-refractivity contribution in [3.63, 3.8) is 0 Å². The van der Waals surface area contributed by atoms with Gasteiger partial charge in [0.05, 0.1) is 5.60 Å². The fourth-order valence-electron chi connectivity index (χ4n) is 2.87. The Morgan fingerprint density at radius 2 is 1.92 bits per heavy atom. The van der Waals surface area contributed by atoms with Gasteiger partial charge in [-0.15, -0.1) is 0 Å². The van der Waals surface area contributed by atoms with Crippen molar-refractivity contribution in [2.45, 2.75) is 57.7 Å². The van der Waals surface area contributed by atoms with E-state index in [4.69, 9.17) is 0 Å². The molecule has 4 heteroatoms. The second-order valence-corrected chi connectivity index (χ2v) is 7.53. The molecule has 0 saturated heterocycles. The molecule has 0 spiro atoms. The summed E-state index contributed by atoms with van der Waals surface area (Å²) in [7, 11) is 0. The van der Waals surface area contributed by atoms with Gasteiger partial charge in [-0.1, -0.05) is 18.2 Å². The molecule has 1 amide bonds. The van der Waals surface area contributed by atoms with Gasteiger partial charge in [-0.25, -0.2) is 0 Å². The van der Waals surface area contributed by atoms with E-state index < -0.39 is 5.60 Å². The van der Waals surface area contributed by atoms with E-state index in [-0.39, 0.29) is 5.91 Å². The molecule has 1 aromatic carbocycles. The smallest absolute Gasteiger partial charge is 0.254 e. The summed E-state index contributed by atoms with van der Waals surface area (Å²) in [4.78, 5) is 19.0. The summed E-state index contributed by atoms with van der Waals surface area (Å²) in [6.45, 7) is 4.24. The first kappa shape index (κ1) is 17.6. The lowest BCUT2D eigenvalue weighted by Crippen LogP contribution is -2.32. The maximum atomic E-state index is 12.9. The third-order valence-electron chi connectivity index (χ3n) is 4.55. The van der Waals surface area contributed by atoms with Gasteiger partial charge in [0, 0.05) is 30.5 Å². The first-order valence-corrected chi connectivity index (χ1v) is 8.93. The van der Waals surface area contributed by atoms with Gasteiger partial charge in [-0.2, -0.15) is 0 Å². The van der Waals surface area contributed by atoms with Crippen LogP contribution in [0, 0.1) is 0 Å². The predicted molar refractivity (Wildman–Crippen MR) is 98.2 cm³/mol. The fourth-order valence-corrected chi connectivity index (χ4v) is 2.87. The number of hydrogen-bond acceptors (Lipinski definition) is 3. The Balaban J connectivity index is 1.68. The van der Waals surface area contributed by atoms with Crippen LogP contribution in [0.1, 0.15) is 54.6 Å². The molecule has 1 aromatic heterocycles. The Morgan fingerprint density at radius 3 is 2.48 bits per heavy atom. The fraction of sp³-hybridized carbons (Fsp3) is 0.429. The van der Waals surface area contributed by atoms with Gasteiger partial charge < -0.3 is 10.0 Å². The van der Waals surface area contributed by atoms with E-state index in [2.05, 4.69) is 4.98 Å². The summed E-state index contributed by atoms with van der Waals surface area (Å²) >= 11 is 0. The zero-order valence-electron chi connectivity index (χ0n) is 15.0. The third-order valence-corrected chi connectivity index (χ3v) is 4.55. The van der Waals surface area contributed by atoms with Crippen molar-refractivity contribution in [2.75, 3.05) is 0 Å². The van der Waals surface area contributed by atoms with E-state index in [1.165, 1.54) is 0 Å². The molecule has 1 saturated carbocycles. The number of hydrogen-bond donors (Lipinski definition) is 1. The number of rotatable bonds is 7. The largest absolute Gasteiger partial charge is 0.390 e. The normalized spacial score (nSPS) is 14.4. The molecule has 25 heavy (non-hydrogen) atoms. The molecule has 4 nitrogen and oxygen atoms in total. The highest BCUT2D eigenvalue weighted by molar-refractivity contribution is 5.94. The summed E-state index contributed by atoms with van der Waals surface area (Å²) in [5, 5.41) is 9.84. The lowest BCUT2D eigenvalue weighted by molar-refractivity contribution is 0.0709. The van der Waals surface area contributed by atoms with Crippen LogP contribution in [0.15, 0.2) is 48.8 Å². The Hall–Kier alpha value is -2.20. The first-order valence-electron chi connectivity index (χ1n) is 8.93. The molecule has 0 aliphatic heterocycles. The number of pyridine rings is 1. The van der Waals surface area contributed by atoms with Gasteiger partial charge in [0.15, 0.2) is 0 Å². The van der Waals surface area contributed by atoms with E-state index in [0.717, 1.165) is 36.0 Å². The van der Waals surface area contributed by atoms with E-state index >= 15 is 0 Å². The molecule has 132 valence electrons. The van der Waals surface area contributed by atoms with Crippen molar-refractivity contribution < 1.29 is 9.90 Å². The van der Waals surface area contributed by atoms with Crippen LogP contribution in [0.4, 0.5) is 0 Å². The maximum absolute atomic E-state index is 12.9. The Bertz CT molecular complexity index is 701. The first-order chi connectivity index (χ1) is 11.9. The number of carbonyl (C=O) groups is 1. The van der Waals surface area contributed by atoms with Crippen LogP contribution in [0.5, 0.6) is 0 Å². The average Bonchev–Trinajstić information content (AvgIpc) is 3.43. The summed E-state index contributed by atoms with van der Waals surface area (Å²) in [5.74, 6) is 0.0837. The lowest BCUT2D eigenvalue weighted by atomic mass is 9.98. The monoisotopic (exact) mass is 338 g/mol. The van der Waals surface area contributed by atoms with Crippen LogP contribution >= 0.6 is 0 Å². The van der Waals surface area contributed by atoms with Crippen LogP contribution < -0.4 is 0 Å². The molecule has 1 fully saturated rings. The standard InChI is InChI=1S/C21H26N2O2/c1-21(2,25)12-11-16-5-7-18(8-6-16)20(24)23(19-9-10-19)15-17-4-3-13-22-14-17/h3-8,13-14,19,25H,9-12,15H2,1-2H3. The number of benzene rings is 1. The minimum atomic E-state index is -0.666. The van der Waals surface area contributed by atoms with E-state index in [0.29, 0.717) is 19.0 Å². The van der Waals surface area contributed by atoms with Crippen LogP contribution in [-0.4, -0.2) is 32.5 Å². The van der Waals surface area contributed by atoms with E-state index in [9.17, 15) is 9.90 Å². The van der Waals surface area contributed by atoms with Crippen molar-refractivity contribution >= 4 is 5.91 Å². The number of amides is 1. The van der Waals surface area contributed by atoms with Gasteiger partial charge in [0.2, 0.25) is 0 Å². The molecule has 0 unspecified atom stereocenters.